The number of imidazole rings is 1. The van der Waals surface area contributed by atoms with E-state index < -0.39 is 0 Å². The van der Waals surface area contributed by atoms with Gasteiger partial charge in [0.2, 0.25) is 0 Å². The van der Waals surface area contributed by atoms with Crippen LogP contribution in [0.2, 0.25) is 0 Å². The molecule has 3 rings (SSSR count). The number of hydrogen-bond acceptors (Lipinski definition) is 4. The van der Waals surface area contributed by atoms with Gasteiger partial charge in [0, 0.05) is 25.9 Å². The lowest BCUT2D eigenvalue weighted by molar-refractivity contribution is 0.643. The number of aryl methyl sites for hydroxylation is 3. The van der Waals surface area contributed by atoms with Crippen LogP contribution in [0.15, 0.2) is 45.1 Å². The van der Waals surface area contributed by atoms with Gasteiger partial charge in [0.15, 0.2) is 16.3 Å². The van der Waals surface area contributed by atoms with Crippen LogP contribution >= 0.6 is 11.8 Å². The minimum absolute atomic E-state index is 0.292. The molecule has 0 bridgehead atoms. The monoisotopic (exact) mass is 372 g/mol. The number of nitrogens with zero attached hydrogens (tertiary/aromatic N) is 4. The molecule has 7 heteroatoms. The Bertz CT molecular complexity index is 1030. The Hall–Kier alpha value is -2.28. The van der Waals surface area contributed by atoms with Crippen molar-refractivity contribution in [2.45, 2.75) is 43.6 Å². The third kappa shape index (κ3) is 3.35. The predicted molar refractivity (Wildman–Crippen MR) is 106 cm³/mol. The third-order valence-corrected chi connectivity index (χ3v) is 5.92. The average molecular weight is 372 g/mol. The van der Waals surface area contributed by atoms with Crippen molar-refractivity contribution in [2.75, 3.05) is 0 Å². The zero-order chi connectivity index (χ0) is 18.8. The standard InChI is InChI=1S/C19H24N4O2S/c1-5-13(2)26-18-20-16-15(17(24)22(4)19(25)21(16)3)23(18)12-11-14-9-7-6-8-10-14/h6-10,13H,5,11-12H2,1-4H3. The first-order valence-electron chi connectivity index (χ1n) is 8.80. The van der Waals surface area contributed by atoms with Gasteiger partial charge in [-0.25, -0.2) is 9.78 Å². The summed E-state index contributed by atoms with van der Waals surface area (Å²) in [5, 5.41) is 1.17. The van der Waals surface area contributed by atoms with Gasteiger partial charge >= 0.3 is 5.69 Å². The Labute approximate surface area is 156 Å². The van der Waals surface area contributed by atoms with E-state index in [-0.39, 0.29) is 11.2 Å². The molecule has 0 radical (unpaired) electrons. The van der Waals surface area contributed by atoms with Crippen molar-refractivity contribution < 1.29 is 0 Å². The van der Waals surface area contributed by atoms with E-state index in [1.165, 1.54) is 17.2 Å². The molecule has 0 fully saturated rings. The second kappa shape index (κ2) is 7.53. The number of fused-ring (bicyclic) bond motifs is 1. The van der Waals surface area contributed by atoms with Gasteiger partial charge < -0.3 is 4.57 Å². The maximum absolute atomic E-state index is 12.8. The van der Waals surface area contributed by atoms with Gasteiger partial charge in [0.25, 0.3) is 5.56 Å². The molecule has 0 aliphatic rings. The quantitative estimate of drug-likeness (QED) is 0.624. The molecule has 1 unspecified atom stereocenters. The van der Waals surface area contributed by atoms with Gasteiger partial charge in [-0.1, -0.05) is 55.9 Å². The summed E-state index contributed by atoms with van der Waals surface area (Å²) in [6.45, 7) is 4.92. The first kappa shape index (κ1) is 18.5. The lowest BCUT2D eigenvalue weighted by Crippen LogP contribution is -2.37. The summed E-state index contributed by atoms with van der Waals surface area (Å²) in [6, 6.07) is 10.2. The molecule has 0 saturated heterocycles. The highest BCUT2D eigenvalue weighted by Crippen LogP contribution is 2.27. The van der Waals surface area contributed by atoms with Crippen LogP contribution in [-0.4, -0.2) is 23.9 Å². The second-order valence-corrected chi connectivity index (χ2v) is 7.90. The summed E-state index contributed by atoms with van der Waals surface area (Å²) in [7, 11) is 3.18. The zero-order valence-corrected chi connectivity index (χ0v) is 16.4. The largest absolute Gasteiger partial charge is 0.332 e. The fourth-order valence-corrected chi connectivity index (χ4v) is 3.85. The lowest BCUT2D eigenvalue weighted by atomic mass is 10.1. The Morgan fingerprint density at radius 1 is 1.12 bits per heavy atom. The number of benzene rings is 1. The van der Waals surface area contributed by atoms with Crippen molar-refractivity contribution in [1.29, 1.82) is 0 Å². The van der Waals surface area contributed by atoms with Crippen molar-refractivity contribution in [2.24, 2.45) is 14.1 Å². The molecule has 1 aromatic carbocycles. The summed E-state index contributed by atoms with van der Waals surface area (Å²) in [4.78, 5) is 29.7. The molecule has 0 saturated carbocycles. The maximum atomic E-state index is 12.8. The van der Waals surface area contributed by atoms with E-state index in [0.717, 1.165) is 22.6 Å². The van der Waals surface area contributed by atoms with Crippen LogP contribution in [0, 0.1) is 0 Å². The van der Waals surface area contributed by atoms with Crippen molar-refractivity contribution in [3.8, 4) is 0 Å². The molecule has 6 nitrogen and oxygen atoms in total. The Morgan fingerprint density at radius 2 is 1.81 bits per heavy atom. The predicted octanol–water partition coefficient (Wildman–Crippen LogP) is 2.57. The third-order valence-electron chi connectivity index (χ3n) is 4.66. The van der Waals surface area contributed by atoms with Gasteiger partial charge in [0.1, 0.15) is 0 Å². The number of rotatable bonds is 6. The van der Waals surface area contributed by atoms with E-state index in [9.17, 15) is 9.59 Å². The summed E-state index contributed by atoms with van der Waals surface area (Å²) in [5.74, 6) is 0. The van der Waals surface area contributed by atoms with E-state index in [0.29, 0.717) is 23.0 Å². The summed E-state index contributed by atoms with van der Waals surface area (Å²) < 4.78 is 4.58. The van der Waals surface area contributed by atoms with Crippen molar-refractivity contribution in [3.05, 3.63) is 56.7 Å². The van der Waals surface area contributed by atoms with Crippen molar-refractivity contribution >= 4 is 22.9 Å². The second-order valence-electron chi connectivity index (χ2n) is 6.50. The molecule has 3 aromatic rings. The van der Waals surface area contributed by atoms with E-state index in [2.05, 4.69) is 31.0 Å². The molecule has 2 aromatic heterocycles. The SMILES string of the molecule is CCC(C)Sc1nc2c(c(=O)n(C)c(=O)n2C)n1CCc1ccccc1. The highest BCUT2D eigenvalue weighted by molar-refractivity contribution is 7.99. The van der Waals surface area contributed by atoms with E-state index in [1.54, 1.807) is 18.8 Å². The molecule has 26 heavy (non-hydrogen) atoms. The topological polar surface area (TPSA) is 61.8 Å². The molecule has 0 aliphatic carbocycles. The van der Waals surface area contributed by atoms with Crippen molar-refractivity contribution in [1.82, 2.24) is 18.7 Å². The van der Waals surface area contributed by atoms with Crippen LogP contribution in [0.3, 0.4) is 0 Å². The van der Waals surface area contributed by atoms with Crippen LogP contribution < -0.4 is 11.2 Å². The first-order valence-corrected chi connectivity index (χ1v) is 9.68. The minimum Gasteiger partial charge on any atom is -0.313 e. The average Bonchev–Trinajstić information content (AvgIpc) is 3.01. The highest BCUT2D eigenvalue weighted by Gasteiger charge is 2.20. The minimum atomic E-state index is -0.352. The molecular formula is C19H24N4O2S. The van der Waals surface area contributed by atoms with Gasteiger partial charge in [-0.3, -0.25) is 13.9 Å². The van der Waals surface area contributed by atoms with Crippen LogP contribution in [0.1, 0.15) is 25.8 Å². The summed E-state index contributed by atoms with van der Waals surface area (Å²) in [6.07, 6.45) is 1.80. The Balaban J connectivity index is 2.14. The Morgan fingerprint density at radius 3 is 2.46 bits per heavy atom. The Kier molecular flexibility index (Phi) is 5.36. The fraction of sp³-hybridized carbons (Fsp3) is 0.421. The molecule has 0 spiro atoms. The van der Waals surface area contributed by atoms with Gasteiger partial charge in [0.05, 0.1) is 0 Å². The van der Waals surface area contributed by atoms with Crippen LogP contribution in [0.4, 0.5) is 0 Å². The van der Waals surface area contributed by atoms with Crippen LogP contribution in [-0.2, 0) is 27.1 Å². The van der Waals surface area contributed by atoms with E-state index in [4.69, 9.17) is 0 Å². The van der Waals surface area contributed by atoms with E-state index in [1.807, 2.05) is 22.8 Å². The van der Waals surface area contributed by atoms with Gasteiger partial charge in [-0.15, -0.1) is 0 Å². The molecular weight excluding hydrogens is 348 g/mol. The summed E-state index contributed by atoms with van der Waals surface area (Å²) >= 11 is 1.65. The molecule has 0 aliphatic heterocycles. The molecule has 2 heterocycles. The maximum Gasteiger partial charge on any atom is 0.332 e. The highest BCUT2D eigenvalue weighted by atomic mass is 32.2. The molecule has 1 atom stereocenters. The van der Waals surface area contributed by atoms with Gasteiger partial charge in [-0.05, 0) is 18.4 Å². The van der Waals surface area contributed by atoms with Crippen LogP contribution in [0.25, 0.3) is 11.2 Å². The summed E-state index contributed by atoms with van der Waals surface area (Å²) in [5.41, 5.74) is 1.51. The van der Waals surface area contributed by atoms with Gasteiger partial charge in [-0.2, -0.15) is 0 Å². The smallest absolute Gasteiger partial charge is 0.313 e. The molecule has 0 N–H and O–H groups in total. The number of hydrogen-bond donors (Lipinski definition) is 0. The first-order chi connectivity index (χ1) is 12.4. The lowest BCUT2D eigenvalue weighted by Gasteiger charge is -2.12. The van der Waals surface area contributed by atoms with E-state index >= 15 is 0 Å². The molecule has 138 valence electrons. The number of aromatic nitrogens is 4. The van der Waals surface area contributed by atoms with Crippen LogP contribution in [0.5, 0.6) is 0 Å². The fourth-order valence-electron chi connectivity index (χ4n) is 2.87. The normalized spacial score (nSPS) is 12.6. The molecule has 0 amide bonds. The zero-order valence-electron chi connectivity index (χ0n) is 15.6. The number of thioether (sulfide) groups is 1. The van der Waals surface area contributed by atoms with Crippen molar-refractivity contribution in [3.63, 3.8) is 0 Å².